The van der Waals surface area contributed by atoms with Gasteiger partial charge in [0.2, 0.25) is 0 Å². The fourth-order valence-corrected chi connectivity index (χ4v) is 4.00. The second kappa shape index (κ2) is 9.02. The average molecular weight is 468 g/mol. The second-order valence-corrected chi connectivity index (χ2v) is 8.32. The van der Waals surface area contributed by atoms with Crippen LogP contribution in [-0.2, 0) is 6.54 Å². The summed E-state index contributed by atoms with van der Waals surface area (Å²) in [6.45, 7) is 2.32. The molecular formula is C24H19Cl2N3O3. The monoisotopic (exact) mass is 467 g/mol. The fourth-order valence-electron chi connectivity index (χ4n) is 3.57. The average Bonchev–Trinajstić information content (AvgIpc) is 3.15. The molecule has 0 fully saturated rings. The first-order valence-electron chi connectivity index (χ1n) is 9.85. The van der Waals surface area contributed by atoms with Crippen LogP contribution in [0.5, 0.6) is 0 Å². The highest BCUT2D eigenvalue weighted by atomic mass is 35.5. The first kappa shape index (κ1) is 21.9. The summed E-state index contributed by atoms with van der Waals surface area (Å²) in [4.78, 5) is 28.7. The third kappa shape index (κ3) is 4.61. The number of fused-ring (bicyclic) bond motifs is 1. The molecule has 3 aromatic carbocycles. The van der Waals surface area contributed by atoms with Gasteiger partial charge >= 0.3 is 5.97 Å². The van der Waals surface area contributed by atoms with Crippen LogP contribution in [0.3, 0.4) is 0 Å². The number of benzene rings is 3. The molecule has 0 unspecified atom stereocenters. The van der Waals surface area contributed by atoms with Gasteiger partial charge < -0.3 is 15.0 Å². The van der Waals surface area contributed by atoms with E-state index in [1.165, 1.54) is 12.1 Å². The normalized spacial score (nSPS) is 12.0. The minimum absolute atomic E-state index is 0.189. The largest absolute Gasteiger partial charge is 0.478 e. The molecule has 1 amide bonds. The molecule has 0 saturated carbocycles. The Bertz CT molecular complexity index is 1320. The third-order valence-electron chi connectivity index (χ3n) is 5.17. The predicted octanol–water partition coefficient (Wildman–Crippen LogP) is 5.58. The first-order valence-corrected chi connectivity index (χ1v) is 10.6. The highest BCUT2D eigenvalue weighted by Crippen LogP contribution is 2.26. The lowest BCUT2D eigenvalue weighted by atomic mass is 10.1. The lowest BCUT2D eigenvalue weighted by Gasteiger charge is -2.16. The molecule has 8 heteroatoms. The maximum Gasteiger partial charge on any atom is 0.335 e. The van der Waals surface area contributed by atoms with E-state index in [0.29, 0.717) is 33.2 Å². The van der Waals surface area contributed by atoms with E-state index in [2.05, 4.69) is 10.3 Å². The van der Waals surface area contributed by atoms with Crippen molar-refractivity contribution in [1.82, 2.24) is 14.9 Å². The van der Waals surface area contributed by atoms with Crippen LogP contribution >= 0.6 is 23.2 Å². The Hall–Kier alpha value is -3.35. The molecule has 0 bridgehead atoms. The summed E-state index contributed by atoms with van der Waals surface area (Å²) in [7, 11) is 0. The van der Waals surface area contributed by atoms with Crippen LogP contribution in [0.1, 0.15) is 44.8 Å². The van der Waals surface area contributed by atoms with E-state index in [1.54, 1.807) is 36.7 Å². The Balaban J connectivity index is 1.64. The highest BCUT2D eigenvalue weighted by molar-refractivity contribution is 6.32. The smallest absolute Gasteiger partial charge is 0.335 e. The molecule has 1 aromatic heterocycles. The van der Waals surface area contributed by atoms with Gasteiger partial charge in [0.15, 0.2) is 0 Å². The molecule has 4 aromatic rings. The molecule has 162 valence electrons. The van der Waals surface area contributed by atoms with Crippen molar-refractivity contribution in [2.45, 2.75) is 19.5 Å². The van der Waals surface area contributed by atoms with Gasteiger partial charge in [-0.25, -0.2) is 9.78 Å². The number of amides is 1. The van der Waals surface area contributed by atoms with Crippen LogP contribution in [0.15, 0.2) is 67.0 Å². The zero-order valence-electron chi connectivity index (χ0n) is 17.0. The van der Waals surface area contributed by atoms with Crippen LogP contribution < -0.4 is 5.32 Å². The van der Waals surface area contributed by atoms with Gasteiger partial charge in [0, 0.05) is 16.6 Å². The van der Waals surface area contributed by atoms with Gasteiger partial charge in [0.25, 0.3) is 5.91 Å². The van der Waals surface area contributed by atoms with E-state index in [0.717, 1.165) is 11.1 Å². The fraction of sp³-hybridized carbons (Fsp3) is 0.125. The van der Waals surface area contributed by atoms with Crippen molar-refractivity contribution in [2.75, 3.05) is 0 Å². The van der Waals surface area contributed by atoms with Crippen LogP contribution in [-0.4, -0.2) is 26.5 Å². The molecule has 0 aliphatic carbocycles. The van der Waals surface area contributed by atoms with Gasteiger partial charge in [-0.1, -0.05) is 47.5 Å². The molecule has 4 rings (SSSR count). The second-order valence-electron chi connectivity index (χ2n) is 7.45. The van der Waals surface area contributed by atoms with E-state index in [-0.39, 0.29) is 17.5 Å². The lowest BCUT2D eigenvalue weighted by molar-refractivity contribution is 0.0696. The standard InChI is InChI=1S/C24H19Cl2N3O3/c1-14(16-5-7-17(8-6-16)24(31)32)28-23(30)20-10-19(26)11-21-22(20)29(13-27-21)12-15-3-2-4-18(25)9-15/h2-11,13-14H,12H2,1H3,(H,28,30)(H,31,32)/t14-/m0/s1. The summed E-state index contributed by atoms with van der Waals surface area (Å²) in [6, 6.07) is 16.9. The Morgan fingerprint density at radius 1 is 1.06 bits per heavy atom. The van der Waals surface area contributed by atoms with Gasteiger partial charge in [-0.05, 0) is 54.4 Å². The predicted molar refractivity (Wildman–Crippen MR) is 125 cm³/mol. The van der Waals surface area contributed by atoms with Crippen LogP contribution in [0.2, 0.25) is 10.0 Å². The van der Waals surface area contributed by atoms with Crippen molar-refractivity contribution in [3.05, 3.63) is 99.3 Å². The first-order chi connectivity index (χ1) is 15.3. The minimum atomic E-state index is -0.998. The third-order valence-corrected chi connectivity index (χ3v) is 5.62. The molecule has 32 heavy (non-hydrogen) atoms. The highest BCUT2D eigenvalue weighted by Gasteiger charge is 2.19. The number of aromatic nitrogens is 2. The van der Waals surface area contributed by atoms with Crippen molar-refractivity contribution in [3.63, 3.8) is 0 Å². The van der Waals surface area contributed by atoms with Gasteiger partial charge in [0.05, 0.1) is 34.5 Å². The number of hydrogen-bond acceptors (Lipinski definition) is 3. The molecule has 2 N–H and O–H groups in total. The summed E-state index contributed by atoms with van der Waals surface area (Å²) < 4.78 is 1.89. The summed E-state index contributed by atoms with van der Waals surface area (Å²) in [5.41, 5.74) is 3.64. The molecule has 0 aliphatic rings. The number of hydrogen-bond donors (Lipinski definition) is 2. The number of halogens is 2. The van der Waals surface area contributed by atoms with Crippen LogP contribution in [0.25, 0.3) is 11.0 Å². The van der Waals surface area contributed by atoms with Gasteiger partial charge in [-0.2, -0.15) is 0 Å². The van der Waals surface area contributed by atoms with Gasteiger partial charge in [-0.3, -0.25) is 4.79 Å². The van der Waals surface area contributed by atoms with Gasteiger partial charge in [0.1, 0.15) is 0 Å². The van der Waals surface area contributed by atoms with Crippen molar-refractivity contribution >= 4 is 46.1 Å². The number of carboxylic acids is 1. The SMILES string of the molecule is C[C@H](NC(=O)c1cc(Cl)cc2ncn(Cc3cccc(Cl)c3)c12)c1ccc(C(=O)O)cc1. The summed E-state index contributed by atoms with van der Waals surface area (Å²) >= 11 is 12.4. The Morgan fingerprint density at radius 3 is 2.50 bits per heavy atom. The van der Waals surface area contributed by atoms with Crippen molar-refractivity contribution in [3.8, 4) is 0 Å². The summed E-state index contributed by atoms with van der Waals surface area (Å²) in [5, 5.41) is 13.1. The molecular weight excluding hydrogens is 449 g/mol. The van der Waals surface area contributed by atoms with Crippen molar-refractivity contribution in [1.29, 1.82) is 0 Å². The number of carbonyl (C=O) groups is 2. The zero-order valence-corrected chi connectivity index (χ0v) is 18.6. The van der Waals surface area contributed by atoms with Crippen LogP contribution in [0, 0.1) is 0 Å². The minimum Gasteiger partial charge on any atom is -0.478 e. The number of carbonyl (C=O) groups excluding carboxylic acids is 1. The number of carboxylic acid groups (broad SMARTS) is 1. The van der Waals surface area contributed by atoms with Crippen LogP contribution in [0.4, 0.5) is 0 Å². The van der Waals surface area contributed by atoms with E-state index < -0.39 is 5.97 Å². The molecule has 0 spiro atoms. The molecule has 1 atom stereocenters. The molecule has 0 radical (unpaired) electrons. The van der Waals surface area contributed by atoms with E-state index >= 15 is 0 Å². The number of aromatic carboxylic acids is 1. The Morgan fingerprint density at radius 2 is 1.81 bits per heavy atom. The number of imidazole rings is 1. The van der Waals surface area contributed by atoms with E-state index in [4.69, 9.17) is 28.3 Å². The van der Waals surface area contributed by atoms with Gasteiger partial charge in [-0.15, -0.1) is 0 Å². The summed E-state index contributed by atoms with van der Waals surface area (Å²) in [5.74, 6) is -1.30. The topological polar surface area (TPSA) is 84.2 Å². The van der Waals surface area contributed by atoms with E-state index in [1.807, 2.05) is 29.7 Å². The van der Waals surface area contributed by atoms with E-state index in [9.17, 15) is 9.59 Å². The van der Waals surface area contributed by atoms with Crippen molar-refractivity contribution < 1.29 is 14.7 Å². The number of nitrogens with zero attached hydrogens (tertiary/aromatic N) is 2. The number of rotatable bonds is 6. The Labute approximate surface area is 194 Å². The van der Waals surface area contributed by atoms with Crippen molar-refractivity contribution in [2.24, 2.45) is 0 Å². The molecule has 1 heterocycles. The molecule has 0 saturated heterocycles. The Kier molecular flexibility index (Phi) is 6.17. The lowest BCUT2D eigenvalue weighted by Crippen LogP contribution is -2.27. The zero-order chi connectivity index (χ0) is 22.8. The molecule has 0 aliphatic heterocycles. The molecule has 6 nitrogen and oxygen atoms in total. The summed E-state index contributed by atoms with van der Waals surface area (Å²) in [6.07, 6.45) is 1.67. The quantitative estimate of drug-likeness (QED) is 0.387. The number of nitrogens with one attached hydrogen (secondary N) is 1. The maximum atomic E-state index is 13.2. The maximum absolute atomic E-state index is 13.2.